The van der Waals surface area contributed by atoms with Crippen LogP contribution in [0.4, 0.5) is 0 Å². The Labute approximate surface area is 180 Å². The van der Waals surface area contributed by atoms with E-state index in [0.717, 1.165) is 46.8 Å². The first kappa shape index (κ1) is 18.0. The zero-order valence-corrected chi connectivity index (χ0v) is 17.6. The van der Waals surface area contributed by atoms with Gasteiger partial charge in [0.1, 0.15) is 5.82 Å². The molecule has 31 heavy (non-hydrogen) atoms. The zero-order chi connectivity index (χ0) is 20.9. The van der Waals surface area contributed by atoms with Crippen LogP contribution in [0, 0.1) is 0 Å². The number of nitrogens with zero attached hydrogens (tertiary/aromatic N) is 4. The standard InChI is InChI=1S/C26H23N5/c1-3-26-28-21-11-9-17(15-22(21)29-26)23-13-14-27-31(23)18-10-12-25-20(16-18)19-7-5-6-8-24(19)30(25)4-2/h5-16H,3-4H2,1-2H3,(H,28,29). The van der Waals surface area contributed by atoms with Gasteiger partial charge in [0.05, 0.1) is 28.6 Å². The van der Waals surface area contributed by atoms with Gasteiger partial charge in [-0.3, -0.25) is 0 Å². The predicted molar refractivity (Wildman–Crippen MR) is 127 cm³/mol. The summed E-state index contributed by atoms with van der Waals surface area (Å²) in [6.45, 7) is 5.25. The van der Waals surface area contributed by atoms with Gasteiger partial charge in [-0.1, -0.05) is 31.2 Å². The first-order valence-electron chi connectivity index (χ1n) is 10.8. The Morgan fingerprint density at radius 3 is 2.61 bits per heavy atom. The lowest BCUT2D eigenvalue weighted by atomic mass is 10.1. The number of rotatable bonds is 4. The molecule has 0 atom stereocenters. The lowest BCUT2D eigenvalue weighted by molar-refractivity contribution is 0.826. The number of hydrogen-bond donors (Lipinski definition) is 1. The highest BCUT2D eigenvalue weighted by Gasteiger charge is 2.13. The SMILES string of the molecule is CCc1nc2cc(-c3ccnn3-c3ccc4c(c3)c3ccccc3n4CC)ccc2[nH]1. The number of para-hydroxylation sites is 1. The summed E-state index contributed by atoms with van der Waals surface area (Å²) in [6, 6.07) is 23.7. The van der Waals surface area contributed by atoms with Crippen molar-refractivity contribution in [1.82, 2.24) is 24.3 Å². The van der Waals surface area contributed by atoms with Crippen LogP contribution in [-0.2, 0) is 13.0 Å². The average molecular weight is 406 g/mol. The van der Waals surface area contributed by atoms with Gasteiger partial charge in [0, 0.05) is 40.3 Å². The molecule has 0 spiro atoms. The molecule has 0 amide bonds. The van der Waals surface area contributed by atoms with E-state index in [9.17, 15) is 0 Å². The Morgan fingerprint density at radius 1 is 0.871 bits per heavy atom. The van der Waals surface area contributed by atoms with Crippen molar-refractivity contribution in [2.75, 3.05) is 0 Å². The summed E-state index contributed by atoms with van der Waals surface area (Å²) in [5, 5.41) is 7.19. The monoisotopic (exact) mass is 405 g/mol. The second-order valence-electron chi connectivity index (χ2n) is 7.86. The molecule has 0 radical (unpaired) electrons. The summed E-state index contributed by atoms with van der Waals surface area (Å²) in [5.74, 6) is 1.01. The van der Waals surface area contributed by atoms with E-state index in [1.54, 1.807) is 0 Å². The number of aryl methyl sites for hydroxylation is 2. The number of hydrogen-bond acceptors (Lipinski definition) is 2. The second kappa shape index (κ2) is 6.84. The van der Waals surface area contributed by atoms with Gasteiger partial charge in [-0.15, -0.1) is 0 Å². The summed E-state index contributed by atoms with van der Waals surface area (Å²) in [5.41, 5.74) is 7.81. The Balaban J connectivity index is 1.52. The smallest absolute Gasteiger partial charge is 0.106 e. The van der Waals surface area contributed by atoms with Gasteiger partial charge in [0.15, 0.2) is 0 Å². The molecule has 152 valence electrons. The van der Waals surface area contributed by atoms with Crippen LogP contribution in [-0.4, -0.2) is 24.3 Å². The molecule has 3 heterocycles. The highest BCUT2D eigenvalue weighted by Crippen LogP contribution is 2.32. The topological polar surface area (TPSA) is 51.4 Å². The summed E-state index contributed by atoms with van der Waals surface area (Å²) < 4.78 is 4.39. The maximum absolute atomic E-state index is 4.70. The van der Waals surface area contributed by atoms with Crippen molar-refractivity contribution in [3.8, 4) is 16.9 Å². The number of nitrogens with one attached hydrogen (secondary N) is 1. The highest BCUT2D eigenvalue weighted by molar-refractivity contribution is 6.08. The predicted octanol–water partition coefficient (Wildman–Crippen LogP) is 6.11. The van der Waals surface area contributed by atoms with E-state index in [2.05, 4.69) is 95.2 Å². The first-order valence-corrected chi connectivity index (χ1v) is 10.8. The molecule has 0 saturated heterocycles. The lowest BCUT2D eigenvalue weighted by Gasteiger charge is -2.09. The molecule has 0 fully saturated rings. The summed E-state index contributed by atoms with van der Waals surface area (Å²) in [4.78, 5) is 8.08. The largest absolute Gasteiger partial charge is 0.342 e. The highest BCUT2D eigenvalue weighted by atomic mass is 15.3. The van der Waals surface area contributed by atoms with E-state index in [1.165, 1.54) is 21.8 Å². The fraction of sp³-hybridized carbons (Fsp3) is 0.154. The minimum Gasteiger partial charge on any atom is -0.342 e. The third-order valence-electron chi connectivity index (χ3n) is 6.12. The molecule has 3 aromatic heterocycles. The van der Waals surface area contributed by atoms with Crippen LogP contribution >= 0.6 is 0 Å². The number of aromatic nitrogens is 5. The minimum atomic E-state index is 0.896. The molecule has 5 nitrogen and oxygen atoms in total. The van der Waals surface area contributed by atoms with Gasteiger partial charge in [-0.25, -0.2) is 9.67 Å². The second-order valence-corrected chi connectivity index (χ2v) is 7.86. The summed E-state index contributed by atoms with van der Waals surface area (Å²) in [6.07, 6.45) is 2.76. The van der Waals surface area contributed by atoms with Gasteiger partial charge in [0.25, 0.3) is 0 Å². The van der Waals surface area contributed by atoms with Gasteiger partial charge < -0.3 is 9.55 Å². The van der Waals surface area contributed by atoms with E-state index in [0.29, 0.717) is 0 Å². The molecule has 0 aliphatic rings. The maximum Gasteiger partial charge on any atom is 0.106 e. The molecule has 5 heteroatoms. The molecule has 3 aromatic carbocycles. The van der Waals surface area contributed by atoms with Gasteiger partial charge >= 0.3 is 0 Å². The Bertz CT molecular complexity index is 1560. The van der Waals surface area contributed by atoms with Crippen molar-refractivity contribution in [3.63, 3.8) is 0 Å². The van der Waals surface area contributed by atoms with E-state index < -0.39 is 0 Å². The van der Waals surface area contributed by atoms with E-state index in [4.69, 9.17) is 4.98 Å². The zero-order valence-electron chi connectivity index (χ0n) is 17.6. The number of fused-ring (bicyclic) bond motifs is 4. The quantitative estimate of drug-likeness (QED) is 0.385. The molecule has 0 aliphatic carbocycles. The fourth-order valence-electron chi connectivity index (χ4n) is 4.63. The number of aromatic amines is 1. The third kappa shape index (κ3) is 2.70. The molecule has 0 aliphatic heterocycles. The lowest BCUT2D eigenvalue weighted by Crippen LogP contribution is -1.99. The Morgan fingerprint density at radius 2 is 1.74 bits per heavy atom. The first-order chi connectivity index (χ1) is 15.3. The van der Waals surface area contributed by atoms with Crippen LogP contribution in [0.5, 0.6) is 0 Å². The molecular weight excluding hydrogens is 382 g/mol. The van der Waals surface area contributed by atoms with Crippen molar-refractivity contribution in [3.05, 3.63) is 78.8 Å². The van der Waals surface area contributed by atoms with E-state index in [-0.39, 0.29) is 0 Å². The third-order valence-corrected chi connectivity index (χ3v) is 6.12. The van der Waals surface area contributed by atoms with Crippen molar-refractivity contribution < 1.29 is 0 Å². The molecule has 6 aromatic rings. The van der Waals surface area contributed by atoms with Crippen LogP contribution in [0.2, 0.25) is 0 Å². The molecular formula is C26H23N5. The van der Waals surface area contributed by atoms with Gasteiger partial charge in [-0.05, 0) is 49.4 Å². The van der Waals surface area contributed by atoms with Crippen LogP contribution in [0.1, 0.15) is 19.7 Å². The summed E-state index contributed by atoms with van der Waals surface area (Å²) in [7, 11) is 0. The molecule has 6 rings (SSSR count). The Hall–Kier alpha value is -3.86. The fourth-order valence-corrected chi connectivity index (χ4v) is 4.63. The normalized spacial score (nSPS) is 11.8. The van der Waals surface area contributed by atoms with E-state index >= 15 is 0 Å². The van der Waals surface area contributed by atoms with Crippen molar-refractivity contribution >= 4 is 32.8 Å². The minimum absolute atomic E-state index is 0.896. The molecule has 1 N–H and O–H groups in total. The van der Waals surface area contributed by atoms with Crippen molar-refractivity contribution in [2.24, 2.45) is 0 Å². The van der Waals surface area contributed by atoms with Crippen LogP contribution in [0.15, 0.2) is 72.9 Å². The van der Waals surface area contributed by atoms with Gasteiger partial charge in [0.2, 0.25) is 0 Å². The van der Waals surface area contributed by atoms with Crippen LogP contribution < -0.4 is 0 Å². The van der Waals surface area contributed by atoms with E-state index in [1.807, 2.05) is 10.9 Å². The Kier molecular flexibility index (Phi) is 3.96. The number of H-pyrrole nitrogens is 1. The molecule has 0 unspecified atom stereocenters. The average Bonchev–Trinajstić information content (AvgIpc) is 3.53. The number of benzene rings is 3. The van der Waals surface area contributed by atoms with Crippen LogP contribution in [0.3, 0.4) is 0 Å². The van der Waals surface area contributed by atoms with Crippen molar-refractivity contribution in [2.45, 2.75) is 26.8 Å². The van der Waals surface area contributed by atoms with Gasteiger partial charge in [-0.2, -0.15) is 5.10 Å². The number of imidazole rings is 1. The van der Waals surface area contributed by atoms with Crippen molar-refractivity contribution in [1.29, 1.82) is 0 Å². The maximum atomic E-state index is 4.70. The van der Waals surface area contributed by atoms with Crippen LogP contribution in [0.25, 0.3) is 49.8 Å². The summed E-state index contributed by atoms with van der Waals surface area (Å²) >= 11 is 0. The molecule has 0 bridgehead atoms. The molecule has 0 saturated carbocycles.